The lowest BCUT2D eigenvalue weighted by molar-refractivity contribution is 0.340. The third kappa shape index (κ3) is 3.80. The minimum atomic E-state index is 0.668. The second-order valence-corrected chi connectivity index (χ2v) is 10.0. The van der Waals surface area contributed by atoms with Gasteiger partial charge in [-0.25, -0.2) is 0 Å². The third-order valence-electron chi connectivity index (χ3n) is 7.22. The maximum absolute atomic E-state index is 9.14. The van der Waals surface area contributed by atoms with Gasteiger partial charge in [0.15, 0.2) is 5.82 Å². The van der Waals surface area contributed by atoms with Gasteiger partial charge in [-0.05, 0) is 80.9 Å². The topological polar surface area (TPSA) is 65.9 Å². The molecule has 0 aliphatic carbocycles. The van der Waals surface area contributed by atoms with Crippen LogP contribution in [0.15, 0.2) is 54.7 Å². The number of rotatable bonds is 4. The summed E-state index contributed by atoms with van der Waals surface area (Å²) < 4.78 is 4.46. The van der Waals surface area contributed by atoms with E-state index in [2.05, 4.69) is 79.8 Å². The molecule has 0 unspecified atom stereocenters. The lowest BCUT2D eigenvalue weighted by atomic mass is 10.1. The van der Waals surface area contributed by atoms with Gasteiger partial charge in [0, 0.05) is 43.6 Å². The first-order valence-electron chi connectivity index (χ1n) is 12.2. The summed E-state index contributed by atoms with van der Waals surface area (Å²) in [5.74, 6) is 2.46. The van der Waals surface area contributed by atoms with Crippen LogP contribution in [-0.2, 0) is 6.54 Å². The summed E-state index contributed by atoms with van der Waals surface area (Å²) in [5, 5.41) is 18.1. The minimum absolute atomic E-state index is 0.668. The standard InChI is InChI=1S/C28H29N7/c1-19-30-31-28-27-13-23(22-6-4-20(14-29)5-7-22)17-34(27)18-24-12-25(8-9-26(24)35(19)28)33-11-10-21(16-33)15-32(2)3/h4-9,12-13,17,21H,10-11,15-16,18H2,1-3H3/t21-/m0/s1. The Bertz CT molecular complexity index is 1440. The summed E-state index contributed by atoms with van der Waals surface area (Å²) in [5.41, 5.74) is 7.63. The van der Waals surface area contributed by atoms with E-state index in [9.17, 15) is 0 Å². The van der Waals surface area contributed by atoms with Crippen molar-refractivity contribution < 1.29 is 0 Å². The summed E-state index contributed by atoms with van der Waals surface area (Å²) in [6, 6.07) is 19.0. The first kappa shape index (κ1) is 21.6. The minimum Gasteiger partial charge on any atom is -0.371 e. The molecular weight excluding hydrogens is 434 g/mol. The quantitative estimate of drug-likeness (QED) is 0.397. The van der Waals surface area contributed by atoms with Gasteiger partial charge in [0.05, 0.1) is 23.0 Å². The van der Waals surface area contributed by atoms with Crippen LogP contribution in [-0.4, -0.2) is 58.0 Å². The van der Waals surface area contributed by atoms with Gasteiger partial charge in [-0.15, -0.1) is 10.2 Å². The molecule has 2 aromatic carbocycles. The van der Waals surface area contributed by atoms with Crippen LogP contribution in [0.3, 0.4) is 0 Å². The summed E-state index contributed by atoms with van der Waals surface area (Å²) in [4.78, 5) is 4.82. The zero-order valence-corrected chi connectivity index (χ0v) is 20.4. The van der Waals surface area contributed by atoms with Crippen molar-refractivity contribution in [2.45, 2.75) is 19.9 Å². The fraction of sp³-hybridized carbons (Fsp3) is 0.321. The van der Waals surface area contributed by atoms with Gasteiger partial charge in [0.25, 0.3) is 0 Å². The highest BCUT2D eigenvalue weighted by molar-refractivity contribution is 5.72. The molecule has 0 saturated carbocycles. The Labute approximate surface area is 205 Å². The first-order chi connectivity index (χ1) is 17.0. The smallest absolute Gasteiger partial charge is 0.185 e. The van der Waals surface area contributed by atoms with Crippen molar-refractivity contribution in [3.8, 4) is 34.4 Å². The SMILES string of the molecule is Cc1nnc2n1-c1ccc(N3CC[C@@H](CN(C)C)C3)cc1Cn1cc(-c3ccc(C#N)cc3)cc1-2. The second-order valence-electron chi connectivity index (χ2n) is 10.0. The molecule has 7 heteroatoms. The number of anilines is 1. The van der Waals surface area contributed by atoms with E-state index in [1.165, 1.54) is 17.7 Å². The van der Waals surface area contributed by atoms with E-state index >= 15 is 0 Å². The fourth-order valence-electron chi connectivity index (χ4n) is 5.57. The number of nitrogens with zero attached hydrogens (tertiary/aromatic N) is 7. The zero-order valence-electron chi connectivity index (χ0n) is 20.4. The number of aryl methyl sites for hydroxylation is 1. The molecule has 1 fully saturated rings. The van der Waals surface area contributed by atoms with Gasteiger partial charge in [0.1, 0.15) is 5.82 Å². The predicted octanol–water partition coefficient (Wildman–Crippen LogP) is 4.33. The van der Waals surface area contributed by atoms with Gasteiger partial charge in [0.2, 0.25) is 0 Å². The van der Waals surface area contributed by atoms with E-state index in [1.54, 1.807) is 0 Å². The number of hydrogen-bond acceptors (Lipinski definition) is 5. The third-order valence-corrected chi connectivity index (χ3v) is 7.22. The second kappa shape index (κ2) is 8.40. The average Bonchev–Trinajstić information content (AvgIpc) is 3.56. The lowest BCUT2D eigenvalue weighted by Gasteiger charge is -2.22. The molecule has 2 aliphatic heterocycles. The van der Waals surface area contributed by atoms with Crippen molar-refractivity contribution in [2.24, 2.45) is 5.92 Å². The fourth-order valence-corrected chi connectivity index (χ4v) is 5.57. The van der Waals surface area contributed by atoms with Gasteiger partial charge >= 0.3 is 0 Å². The average molecular weight is 464 g/mol. The van der Waals surface area contributed by atoms with Crippen molar-refractivity contribution in [2.75, 3.05) is 38.6 Å². The molecule has 2 aromatic heterocycles. The Morgan fingerprint density at radius 2 is 1.89 bits per heavy atom. The van der Waals surface area contributed by atoms with E-state index in [0.717, 1.165) is 60.3 Å². The van der Waals surface area contributed by atoms with Gasteiger partial charge in [-0.1, -0.05) is 12.1 Å². The summed E-state index contributed by atoms with van der Waals surface area (Å²) in [6.07, 6.45) is 3.43. The molecular formula is C28H29N7. The molecule has 7 nitrogen and oxygen atoms in total. The van der Waals surface area contributed by atoms with Gasteiger partial charge < -0.3 is 14.4 Å². The van der Waals surface area contributed by atoms with Crippen LogP contribution in [0.5, 0.6) is 0 Å². The lowest BCUT2D eigenvalue weighted by Crippen LogP contribution is -2.25. The van der Waals surface area contributed by atoms with Crippen LogP contribution in [0.1, 0.15) is 23.4 Å². The van der Waals surface area contributed by atoms with E-state index < -0.39 is 0 Å². The number of benzene rings is 2. The van der Waals surface area contributed by atoms with Crippen molar-refractivity contribution in [3.63, 3.8) is 0 Å². The van der Waals surface area contributed by atoms with Crippen LogP contribution in [0.2, 0.25) is 0 Å². The van der Waals surface area contributed by atoms with Crippen LogP contribution in [0.25, 0.3) is 28.3 Å². The highest BCUT2D eigenvalue weighted by Crippen LogP contribution is 2.36. The Kier molecular flexibility index (Phi) is 5.19. The normalized spacial score (nSPS) is 16.5. The number of nitriles is 1. The van der Waals surface area contributed by atoms with Gasteiger partial charge in [-0.3, -0.25) is 4.57 Å². The molecule has 6 rings (SSSR count). The Morgan fingerprint density at radius 3 is 2.66 bits per heavy atom. The van der Waals surface area contributed by atoms with Crippen LogP contribution in [0, 0.1) is 24.2 Å². The Balaban J connectivity index is 1.39. The van der Waals surface area contributed by atoms with E-state index in [0.29, 0.717) is 11.5 Å². The maximum atomic E-state index is 9.14. The molecule has 1 atom stereocenters. The van der Waals surface area contributed by atoms with Crippen molar-refractivity contribution in [3.05, 3.63) is 71.7 Å². The van der Waals surface area contributed by atoms with E-state index in [4.69, 9.17) is 5.26 Å². The molecule has 0 N–H and O–H groups in total. The molecule has 4 aromatic rings. The first-order valence-corrected chi connectivity index (χ1v) is 12.2. The summed E-state index contributed by atoms with van der Waals surface area (Å²) >= 11 is 0. The molecule has 4 heterocycles. The van der Waals surface area contributed by atoms with Crippen molar-refractivity contribution in [1.29, 1.82) is 5.26 Å². The Hall–Kier alpha value is -3.89. The molecule has 2 aliphatic rings. The Morgan fingerprint density at radius 1 is 1.06 bits per heavy atom. The van der Waals surface area contributed by atoms with Crippen molar-refractivity contribution >= 4 is 5.69 Å². The van der Waals surface area contributed by atoms with Crippen LogP contribution < -0.4 is 4.90 Å². The molecule has 35 heavy (non-hydrogen) atoms. The maximum Gasteiger partial charge on any atom is 0.185 e. The molecule has 0 spiro atoms. The number of aromatic nitrogens is 4. The summed E-state index contributed by atoms with van der Waals surface area (Å²) in [7, 11) is 4.32. The largest absolute Gasteiger partial charge is 0.371 e. The highest BCUT2D eigenvalue weighted by Gasteiger charge is 2.27. The predicted molar refractivity (Wildman–Crippen MR) is 138 cm³/mol. The number of fused-ring (bicyclic) bond motifs is 5. The van der Waals surface area contributed by atoms with Crippen LogP contribution >= 0.6 is 0 Å². The molecule has 0 radical (unpaired) electrons. The molecule has 0 amide bonds. The monoisotopic (exact) mass is 463 g/mol. The molecule has 176 valence electrons. The number of hydrogen-bond donors (Lipinski definition) is 0. The van der Waals surface area contributed by atoms with E-state index in [1.807, 2.05) is 31.2 Å². The zero-order chi connectivity index (χ0) is 24.1. The van der Waals surface area contributed by atoms with E-state index in [-0.39, 0.29) is 0 Å². The molecule has 0 bridgehead atoms. The summed E-state index contributed by atoms with van der Waals surface area (Å²) in [6.45, 7) is 6.13. The van der Waals surface area contributed by atoms with Crippen molar-refractivity contribution in [1.82, 2.24) is 24.2 Å². The highest BCUT2D eigenvalue weighted by atomic mass is 15.3. The van der Waals surface area contributed by atoms with Gasteiger partial charge in [-0.2, -0.15) is 5.26 Å². The molecule has 1 saturated heterocycles. The van der Waals surface area contributed by atoms with Crippen LogP contribution in [0.4, 0.5) is 5.69 Å².